The van der Waals surface area contributed by atoms with E-state index in [2.05, 4.69) is 32.7 Å². The average molecular weight is 408 g/mol. The lowest BCUT2D eigenvalue weighted by Crippen LogP contribution is -2.29. The predicted molar refractivity (Wildman–Crippen MR) is 119 cm³/mol. The molecule has 1 amide bonds. The zero-order valence-electron chi connectivity index (χ0n) is 18.3. The second kappa shape index (κ2) is 12.2. The highest BCUT2D eigenvalue weighted by Gasteiger charge is 2.27. The van der Waals surface area contributed by atoms with E-state index in [1.54, 1.807) is 25.6 Å². The van der Waals surface area contributed by atoms with Gasteiger partial charge in [0.2, 0.25) is 0 Å². The summed E-state index contributed by atoms with van der Waals surface area (Å²) in [6, 6.07) is 0. The first-order valence-corrected chi connectivity index (χ1v) is 11.4. The van der Waals surface area contributed by atoms with Gasteiger partial charge >= 0.3 is 5.97 Å². The lowest BCUT2D eigenvalue weighted by Gasteiger charge is -2.32. The quantitative estimate of drug-likeness (QED) is 0.152. The van der Waals surface area contributed by atoms with E-state index in [1.165, 1.54) is 47.8 Å². The Bertz CT molecular complexity index is 632. The Balaban J connectivity index is 2.77. The first kappa shape index (κ1) is 24.5. The van der Waals surface area contributed by atoms with E-state index >= 15 is 0 Å². The maximum atomic E-state index is 12.3. The fraction of sp³-hybridized carbons (Fsp3) is 0.652. The van der Waals surface area contributed by atoms with Gasteiger partial charge in [-0.1, -0.05) is 46.3 Å². The van der Waals surface area contributed by atoms with Crippen molar-refractivity contribution in [1.29, 1.82) is 0 Å². The van der Waals surface area contributed by atoms with Gasteiger partial charge in [-0.3, -0.25) is 4.79 Å². The Morgan fingerprint density at radius 2 is 1.93 bits per heavy atom. The summed E-state index contributed by atoms with van der Waals surface area (Å²) in [4.78, 5) is 25.5. The summed E-state index contributed by atoms with van der Waals surface area (Å²) >= 11 is 1.66. The van der Waals surface area contributed by atoms with E-state index in [-0.39, 0.29) is 23.5 Å². The number of esters is 1. The third-order valence-corrected chi connectivity index (χ3v) is 6.35. The molecule has 1 rings (SSSR count). The van der Waals surface area contributed by atoms with Crippen LogP contribution in [0.25, 0.3) is 0 Å². The second-order valence-corrected chi connectivity index (χ2v) is 8.86. The van der Waals surface area contributed by atoms with Crippen molar-refractivity contribution in [2.24, 2.45) is 5.41 Å². The Morgan fingerprint density at radius 3 is 2.54 bits per heavy atom. The molecule has 0 unspecified atom stereocenters. The van der Waals surface area contributed by atoms with Crippen LogP contribution in [0.2, 0.25) is 0 Å². The lowest BCUT2D eigenvalue weighted by molar-refractivity contribution is -0.140. The van der Waals surface area contributed by atoms with Gasteiger partial charge in [0.05, 0.1) is 12.5 Å². The van der Waals surface area contributed by atoms with Crippen LogP contribution in [0.1, 0.15) is 79.6 Å². The third-order valence-electron chi connectivity index (χ3n) is 5.26. The minimum Gasteiger partial charge on any atom is -0.462 e. The van der Waals surface area contributed by atoms with Crippen LogP contribution in [-0.2, 0) is 14.3 Å². The molecule has 28 heavy (non-hydrogen) atoms. The monoisotopic (exact) mass is 407 g/mol. The van der Waals surface area contributed by atoms with Crippen LogP contribution in [-0.4, -0.2) is 24.4 Å². The van der Waals surface area contributed by atoms with Gasteiger partial charge < -0.3 is 10.1 Å². The molecule has 0 saturated carbocycles. The molecule has 1 N–H and O–H groups in total. The molecule has 0 spiro atoms. The number of rotatable bonds is 11. The van der Waals surface area contributed by atoms with Gasteiger partial charge in [0.1, 0.15) is 5.57 Å². The molecule has 0 bridgehead atoms. The van der Waals surface area contributed by atoms with E-state index in [4.69, 9.17) is 4.74 Å². The summed E-state index contributed by atoms with van der Waals surface area (Å²) in [7, 11) is 0. The molecule has 0 aromatic rings. The molecular formula is C23H37NO3S. The van der Waals surface area contributed by atoms with E-state index in [0.29, 0.717) is 5.88 Å². The van der Waals surface area contributed by atoms with Gasteiger partial charge in [-0.05, 0) is 67.4 Å². The molecule has 4 nitrogen and oxygen atoms in total. The molecule has 5 heteroatoms. The topological polar surface area (TPSA) is 55.4 Å². The van der Waals surface area contributed by atoms with Gasteiger partial charge in [-0.15, -0.1) is 11.8 Å². The number of nitrogens with one attached hydrogen (secondary N) is 1. The number of carbonyl (C=O) groups is 2. The Hall–Kier alpha value is -1.49. The van der Waals surface area contributed by atoms with Crippen molar-refractivity contribution in [1.82, 2.24) is 5.32 Å². The van der Waals surface area contributed by atoms with Crippen molar-refractivity contribution < 1.29 is 14.3 Å². The molecule has 0 aromatic heterocycles. The van der Waals surface area contributed by atoms with Crippen molar-refractivity contribution in [3.8, 4) is 0 Å². The molecule has 1 aliphatic rings. The van der Waals surface area contributed by atoms with Crippen LogP contribution in [0.5, 0.6) is 0 Å². The van der Waals surface area contributed by atoms with Crippen LogP contribution < -0.4 is 5.32 Å². The zero-order valence-corrected chi connectivity index (χ0v) is 19.1. The number of allylic oxidation sites excluding steroid dienone is 4. The molecule has 158 valence electrons. The molecule has 0 atom stereocenters. The summed E-state index contributed by atoms with van der Waals surface area (Å²) in [6.07, 6.45) is 9.51. The van der Waals surface area contributed by atoms with Crippen LogP contribution in [0.15, 0.2) is 34.3 Å². The Morgan fingerprint density at radius 1 is 1.25 bits per heavy atom. The maximum Gasteiger partial charge on any atom is 0.343 e. The Labute approximate surface area is 175 Å². The number of hydrogen-bond donors (Lipinski definition) is 1. The van der Waals surface area contributed by atoms with Crippen molar-refractivity contribution in [2.75, 3.05) is 12.5 Å². The molecule has 0 aromatic carbocycles. The molecule has 0 saturated heterocycles. The number of hydrogen-bond acceptors (Lipinski definition) is 4. The maximum absolute atomic E-state index is 12.3. The molecular weight excluding hydrogens is 370 g/mol. The standard InChI is InChI=1S/C23H37NO3S/c1-7-10-15-23(5,6)17(4)19-13-11-12-14-20(19)28-16-24-21(25)18(8-2)22(26)27-9-3/h8H,4,7,9-16H2,1-3,5-6H3,(H,24,25)/b18-8+. The SMILES string of the molecule is C=C(C1=C(SCNC(=O)/C(=C\C)C(=O)OCC)CCCC1)C(C)(C)CCCC. The Kier molecular flexibility index (Phi) is 10.7. The van der Waals surface area contributed by atoms with Crippen LogP contribution in [0, 0.1) is 5.41 Å². The number of ether oxygens (including phenoxy) is 1. The summed E-state index contributed by atoms with van der Waals surface area (Å²) < 4.78 is 4.93. The minimum absolute atomic E-state index is 0.0606. The third kappa shape index (κ3) is 7.16. The van der Waals surface area contributed by atoms with Crippen LogP contribution in [0.3, 0.4) is 0 Å². The van der Waals surface area contributed by atoms with E-state index in [1.807, 2.05) is 0 Å². The highest BCUT2D eigenvalue weighted by atomic mass is 32.2. The van der Waals surface area contributed by atoms with Crippen LogP contribution in [0.4, 0.5) is 0 Å². The molecule has 1 aliphatic carbocycles. The average Bonchev–Trinajstić information content (AvgIpc) is 2.67. The van der Waals surface area contributed by atoms with Crippen molar-refractivity contribution >= 4 is 23.6 Å². The number of thioether (sulfide) groups is 1. The van der Waals surface area contributed by atoms with Gasteiger partial charge in [0.25, 0.3) is 5.91 Å². The number of unbranched alkanes of at least 4 members (excludes halogenated alkanes) is 1. The van der Waals surface area contributed by atoms with E-state index in [0.717, 1.165) is 19.3 Å². The molecule has 0 aliphatic heterocycles. The van der Waals surface area contributed by atoms with E-state index in [9.17, 15) is 9.59 Å². The molecule has 0 radical (unpaired) electrons. The summed E-state index contributed by atoms with van der Waals surface area (Å²) in [5.74, 6) is -0.512. The first-order valence-electron chi connectivity index (χ1n) is 10.4. The summed E-state index contributed by atoms with van der Waals surface area (Å²) in [6.45, 7) is 14.9. The highest BCUT2D eigenvalue weighted by Crippen LogP contribution is 2.43. The summed E-state index contributed by atoms with van der Waals surface area (Å²) in [5, 5.41) is 2.84. The predicted octanol–water partition coefficient (Wildman–Crippen LogP) is 5.90. The number of carbonyl (C=O) groups excluding carboxylic acids is 2. The fourth-order valence-corrected chi connectivity index (χ4v) is 4.43. The van der Waals surface area contributed by atoms with Crippen LogP contribution >= 0.6 is 11.8 Å². The largest absolute Gasteiger partial charge is 0.462 e. The lowest BCUT2D eigenvalue weighted by atomic mass is 9.75. The fourth-order valence-electron chi connectivity index (χ4n) is 3.37. The normalized spacial score (nSPS) is 15.4. The van der Waals surface area contributed by atoms with Crippen molar-refractivity contribution in [2.45, 2.75) is 79.6 Å². The molecule has 0 heterocycles. The second-order valence-electron chi connectivity index (χ2n) is 7.79. The van der Waals surface area contributed by atoms with Gasteiger partial charge in [-0.25, -0.2) is 4.79 Å². The van der Waals surface area contributed by atoms with Gasteiger partial charge in [-0.2, -0.15) is 0 Å². The molecule has 0 fully saturated rings. The van der Waals surface area contributed by atoms with E-state index < -0.39 is 5.97 Å². The van der Waals surface area contributed by atoms with Gasteiger partial charge in [0.15, 0.2) is 0 Å². The highest BCUT2D eigenvalue weighted by molar-refractivity contribution is 8.03. The first-order chi connectivity index (χ1) is 13.3. The number of amides is 1. The zero-order chi connectivity index (χ0) is 21.2. The smallest absolute Gasteiger partial charge is 0.343 e. The summed E-state index contributed by atoms with van der Waals surface area (Å²) in [5.41, 5.74) is 2.78. The van der Waals surface area contributed by atoms with Crippen molar-refractivity contribution in [3.05, 3.63) is 34.3 Å². The minimum atomic E-state index is -0.573. The van der Waals surface area contributed by atoms with Crippen molar-refractivity contribution in [3.63, 3.8) is 0 Å². The van der Waals surface area contributed by atoms with Gasteiger partial charge in [0, 0.05) is 0 Å².